The first-order valence-corrected chi connectivity index (χ1v) is 9.09. The lowest BCUT2D eigenvalue weighted by atomic mass is 10.1. The van der Waals surface area contributed by atoms with Gasteiger partial charge in [0.1, 0.15) is 0 Å². The Bertz CT molecular complexity index is 362. The van der Waals surface area contributed by atoms with Crippen molar-refractivity contribution in [3.8, 4) is 0 Å². The number of aryl methyl sites for hydroxylation is 1. The molecule has 1 aromatic carbocycles. The van der Waals surface area contributed by atoms with E-state index in [1.165, 1.54) is 67.1 Å². The molecule has 0 unspecified atom stereocenters. The van der Waals surface area contributed by atoms with Crippen molar-refractivity contribution in [3.63, 3.8) is 0 Å². The van der Waals surface area contributed by atoms with Crippen molar-refractivity contribution in [2.45, 2.75) is 71.6 Å². The average Bonchev–Trinajstić information content (AvgIpc) is 2.46. The quantitative estimate of drug-likeness (QED) is 0.450. The van der Waals surface area contributed by atoms with Crippen LogP contribution in [0.15, 0.2) is 22.7 Å². The molecule has 0 aromatic heterocycles. The predicted octanol–water partition coefficient (Wildman–Crippen LogP) is 6.56. The molecule has 1 nitrogen and oxygen atoms in total. The number of hydrogen-bond donors (Lipinski definition) is 1. The molecular formula is C18H30BrN. The Morgan fingerprint density at radius 2 is 1.55 bits per heavy atom. The van der Waals surface area contributed by atoms with E-state index < -0.39 is 0 Å². The van der Waals surface area contributed by atoms with Crippen LogP contribution in [0.5, 0.6) is 0 Å². The van der Waals surface area contributed by atoms with Crippen LogP contribution in [0, 0.1) is 0 Å². The van der Waals surface area contributed by atoms with Crippen LogP contribution < -0.4 is 5.32 Å². The molecule has 0 aliphatic heterocycles. The molecule has 0 saturated heterocycles. The summed E-state index contributed by atoms with van der Waals surface area (Å²) in [5.41, 5.74) is 2.71. The van der Waals surface area contributed by atoms with E-state index in [9.17, 15) is 0 Å². The van der Waals surface area contributed by atoms with Gasteiger partial charge in [-0.15, -0.1) is 0 Å². The molecule has 0 amide bonds. The highest BCUT2D eigenvalue weighted by molar-refractivity contribution is 9.10. The first kappa shape index (κ1) is 17.6. The van der Waals surface area contributed by atoms with Crippen LogP contribution in [-0.4, -0.2) is 6.54 Å². The maximum Gasteiger partial charge on any atom is 0.0373 e. The number of rotatable bonds is 11. The van der Waals surface area contributed by atoms with Gasteiger partial charge in [-0.1, -0.05) is 74.7 Å². The maximum atomic E-state index is 3.58. The van der Waals surface area contributed by atoms with Gasteiger partial charge in [0.15, 0.2) is 0 Å². The molecular weight excluding hydrogens is 310 g/mol. The van der Waals surface area contributed by atoms with Crippen molar-refractivity contribution in [2.75, 3.05) is 11.9 Å². The largest absolute Gasteiger partial charge is 0.385 e. The summed E-state index contributed by atoms with van der Waals surface area (Å²) >= 11 is 3.54. The summed E-state index contributed by atoms with van der Waals surface area (Å²) < 4.78 is 1.17. The fraction of sp³-hybridized carbons (Fsp3) is 0.667. The molecule has 0 heterocycles. The minimum absolute atomic E-state index is 1.08. The Kier molecular flexibility index (Phi) is 9.82. The molecule has 2 heteroatoms. The zero-order chi connectivity index (χ0) is 14.6. The Morgan fingerprint density at radius 1 is 0.900 bits per heavy atom. The lowest BCUT2D eigenvalue weighted by Gasteiger charge is -2.11. The van der Waals surface area contributed by atoms with Crippen molar-refractivity contribution >= 4 is 21.6 Å². The third-order valence-corrected chi connectivity index (χ3v) is 4.29. The lowest BCUT2D eigenvalue weighted by Crippen LogP contribution is -2.04. The Labute approximate surface area is 133 Å². The van der Waals surface area contributed by atoms with E-state index >= 15 is 0 Å². The van der Waals surface area contributed by atoms with E-state index in [0.29, 0.717) is 0 Å². The smallest absolute Gasteiger partial charge is 0.0373 e. The molecule has 1 aromatic rings. The van der Waals surface area contributed by atoms with Crippen molar-refractivity contribution < 1.29 is 0 Å². The van der Waals surface area contributed by atoms with E-state index in [1.807, 2.05) is 0 Å². The second-order valence-electron chi connectivity index (χ2n) is 5.56. The van der Waals surface area contributed by atoms with Crippen LogP contribution in [0.4, 0.5) is 5.69 Å². The van der Waals surface area contributed by atoms with Gasteiger partial charge in [-0.2, -0.15) is 0 Å². The third kappa shape index (κ3) is 7.33. The van der Waals surface area contributed by atoms with Crippen LogP contribution in [0.1, 0.15) is 70.8 Å². The Balaban J connectivity index is 2.09. The fourth-order valence-electron chi connectivity index (χ4n) is 2.51. The van der Waals surface area contributed by atoms with Crippen molar-refractivity contribution in [1.29, 1.82) is 0 Å². The summed E-state index contributed by atoms with van der Waals surface area (Å²) in [4.78, 5) is 0. The predicted molar refractivity (Wildman–Crippen MR) is 94.6 cm³/mol. The van der Waals surface area contributed by atoms with Crippen LogP contribution in [-0.2, 0) is 6.42 Å². The van der Waals surface area contributed by atoms with Crippen molar-refractivity contribution in [1.82, 2.24) is 0 Å². The van der Waals surface area contributed by atoms with Gasteiger partial charge in [0, 0.05) is 16.7 Å². The molecule has 0 atom stereocenters. The Hall–Kier alpha value is -0.500. The number of benzene rings is 1. The van der Waals surface area contributed by atoms with Crippen LogP contribution in [0.3, 0.4) is 0 Å². The van der Waals surface area contributed by atoms with Crippen LogP contribution in [0.25, 0.3) is 0 Å². The second kappa shape index (κ2) is 11.2. The summed E-state index contributed by atoms with van der Waals surface area (Å²) in [6, 6.07) is 6.53. The SMILES string of the molecule is CCCCCCCCCCNc1ccc(Br)cc1CC. The summed E-state index contributed by atoms with van der Waals surface area (Å²) in [5, 5.41) is 3.58. The number of halogens is 1. The van der Waals surface area contributed by atoms with Gasteiger partial charge in [0.25, 0.3) is 0 Å². The Morgan fingerprint density at radius 3 is 2.20 bits per heavy atom. The third-order valence-electron chi connectivity index (χ3n) is 3.79. The van der Waals surface area contributed by atoms with Gasteiger partial charge >= 0.3 is 0 Å². The summed E-state index contributed by atoms with van der Waals surface area (Å²) in [6.45, 7) is 5.59. The monoisotopic (exact) mass is 339 g/mol. The first-order chi connectivity index (χ1) is 9.77. The highest BCUT2D eigenvalue weighted by Crippen LogP contribution is 2.21. The lowest BCUT2D eigenvalue weighted by molar-refractivity contribution is 0.581. The second-order valence-corrected chi connectivity index (χ2v) is 6.47. The van der Waals surface area contributed by atoms with E-state index in [2.05, 4.69) is 53.3 Å². The molecule has 20 heavy (non-hydrogen) atoms. The average molecular weight is 340 g/mol. The standard InChI is InChI=1S/C18H30BrN/c1-3-5-6-7-8-9-10-11-14-20-18-13-12-17(19)15-16(18)4-2/h12-13,15,20H,3-11,14H2,1-2H3. The summed E-state index contributed by atoms with van der Waals surface area (Å²) in [5.74, 6) is 0. The maximum absolute atomic E-state index is 3.58. The fourth-order valence-corrected chi connectivity index (χ4v) is 2.92. The zero-order valence-corrected chi connectivity index (χ0v) is 14.8. The number of hydrogen-bond acceptors (Lipinski definition) is 1. The molecule has 0 aliphatic rings. The first-order valence-electron chi connectivity index (χ1n) is 8.30. The van der Waals surface area contributed by atoms with Crippen LogP contribution >= 0.6 is 15.9 Å². The van der Waals surface area contributed by atoms with E-state index in [4.69, 9.17) is 0 Å². The van der Waals surface area contributed by atoms with Crippen molar-refractivity contribution in [2.24, 2.45) is 0 Å². The molecule has 0 bridgehead atoms. The molecule has 0 aliphatic carbocycles. The highest BCUT2D eigenvalue weighted by atomic mass is 79.9. The number of nitrogens with one attached hydrogen (secondary N) is 1. The molecule has 0 radical (unpaired) electrons. The van der Waals surface area contributed by atoms with Gasteiger partial charge in [-0.05, 0) is 36.6 Å². The summed E-state index contributed by atoms with van der Waals surface area (Å²) in [7, 11) is 0. The van der Waals surface area contributed by atoms with Gasteiger partial charge < -0.3 is 5.32 Å². The van der Waals surface area contributed by atoms with Crippen molar-refractivity contribution in [3.05, 3.63) is 28.2 Å². The minimum Gasteiger partial charge on any atom is -0.385 e. The molecule has 1 N–H and O–H groups in total. The van der Waals surface area contributed by atoms with E-state index in [-0.39, 0.29) is 0 Å². The normalized spacial score (nSPS) is 10.8. The topological polar surface area (TPSA) is 12.0 Å². The molecule has 0 saturated carbocycles. The van der Waals surface area contributed by atoms with Gasteiger partial charge in [-0.3, -0.25) is 0 Å². The molecule has 0 fully saturated rings. The van der Waals surface area contributed by atoms with Gasteiger partial charge in [-0.25, -0.2) is 0 Å². The summed E-state index contributed by atoms with van der Waals surface area (Å²) in [6.07, 6.45) is 12.1. The van der Waals surface area contributed by atoms with E-state index in [1.54, 1.807) is 0 Å². The molecule has 1 rings (SSSR count). The van der Waals surface area contributed by atoms with Crippen LogP contribution in [0.2, 0.25) is 0 Å². The molecule has 0 spiro atoms. The number of unbranched alkanes of at least 4 members (excludes halogenated alkanes) is 7. The zero-order valence-electron chi connectivity index (χ0n) is 13.2. The van der Waals surface area contributed by atoms with Gasteiger partial charge in [0.2, 0.25) is 0 Å². The highest BCUT2D eigenvalue weighted by Gasteiger charge is 2.00. The number of anilines is 1. The molecule has 114 valence electrons. The van der Waals surface area contributed by atoms with E-state index in [0.717, 1.165) is 13.0 Å². The minimum atomic E-state index is 1.08. The van der Waals surface area contributed by atoms with Gasteiger partial charge in [0.05, 0.1) is 0 Å².